The number of rotatable bonds is 5. The zero-order valence-corrected chi connectivity index (χ0v) is 13.0. The first-order valence-corrected chi connectivity index (χ1v) is 7.53. The Balaban J connectivity index is 1.79. The lowest BCUT2D eigenvalue weighted by Gasteiger charge is -2.39. The minimum Gasteiger partial charge on any atom is -0.351 e. The number of nitrogens with zero attached hydrogens (tertiary/aromatic N) is 2. The maximum Gasteiger partial charge on any atom is 0.234 e. The Hall–Kier alpha value is -1.43. The van der Waals surface area contributed by atoms with Gasteiger partial charge in [-0.3, -0.25) is 9.69 Å². The van der Waals surface area contributed by atoms with Gasteiger partial charge in [-0.05, 0) is 19.5 Å². The summed E-state index contributed by atoms with van der Waals surface area (Å²) in [5.74, 6) is 0.0681. The summed E-state index contributed by atoms with van der Waals surface area (Å²) in [5, 5.41) is 2.99. The number of aryl methyl sites for hydroxylation is 1. The van der Waals surface area contributed by atoms with E-state index in [1.165, 1.54) is 5.56 Å². The monoisotopic (exact) mass is 290 g/mol. The van der Waals surface area contributed by atoms with Crippen molar-refractivity contribution in [2.24, 2.45) is 5.73 Å². The van der Waals surface area contributed by atoms with Crippen molar-refractivity contribution in [2.75, 3.05) is 39.8 Å². The van der Waals surface area contributed by atoms with Crippen molar-refractivity contribution < 1.29 is 4.79 Å². The lowest BCUT2D eigenvalue weighted by molar-refractivity contribution is -0.123. The van der Waals surface area contributed by atoms with Crippen LogP contribution < -0.4 is 11.1 Å². The SMILES string of the molecule is Cc1ccc(CNC(=O)CN2CCN(C)CC2CN)cc1. The summed E-state index contributed by atoms with van der Waals surface area (Å²) in [6.45, 7) is 6.49. The highest BCUT2D eigenvalue weighted by molar-refractivity contribution is 5.78. The van der Waals surface area contributed by atoms with Crippen LogP contribution in [0.2, 0.25) is 0 Å². The van der Waals surface area contributed by atoms with Gasteiger partial charge in [0.2, 0.25) is 5.91 Å². The summed E-state index contributed by atoms with van der Waals surface area (Å²) < 4.78 is 0. The lowest BCUT2D eigenvalue weighted by atomic mass is 10.1. The van der Waals surface area contributed by atoms with Crippen LogP contribution in [0.4, 0.5) is 0 Å². The van der Waals surface area contributed by atoms with Crippen LogP contribution in [0.3, 0.4) is 0 Å². The molecule has 1 amide bonds. The highest BCUT2D eigenvalue weighted by Gasteiger charge is 2.25. The van der Waals surface area contributed by atoms with Crippen molar-refractivity contribution >= 4 is 5.91 Å². The minimum atomic E-state index is 0.0681. The third-order valence-corrected chi connectivity index (χ3v) is 4.04. The summed E-state index contributed by atoms with van der Waals surface area (Å²) >= 11 is 0. The molecule has 21 heavy (non-hydrogen) atoms. The number of hydrogen-bond acceptors (Lipinski definition) is 4. The molecule has 0 spiro atoms. The average Bonchev–Trinajstić information content (AvgIpc) is 2.48. The number of benzene rings is 1. The number of hydrogen-bond donors (Lipinski definition) is 2. The third kappa shape index (κ3) is 4.81. The van der Waals surface area contributed by atoms with Crippen LogP contribution in [0, 0.1) is 6.92 Å². The van der Waals surface area contributed by atoms with Gasteiger partial charge in [0.1, 0.15) is 0 Å². The van der Waals surface area contributed by atoms with Gasteiger partial charge in [0, 0.05) is 38.8 Å². The molecule has 0 radical (unpaired) electrons. The van der Waals surface area contributed by atoms with E-state index in [0.717, 1.165) is 25.2 Å². The van der Waals surface area contributed by atoms with Gasteiger partial charge in [-0.15, -0.1) is 0 Å². The molecule has 1 atom stereocenters. The van der Waals surface area contributed by atoms with Gasteiger partial charge >= 0.3 is 0 Å². The Labute approximate surface area is 127 Å². The molecule has 1 unspecified atom stereocenters. The second kappa shape index (κ2) is 7.54. The van der Waals surface area contributed by atoms with E-state index in [0.29, 0.717) is 19.6 Å². The van der Waals surface area contributed by atoms with E-state index in [1.807, 2.05) is 12.1 Å². The highest BCUT2D eigenvalue weighted by Crippen LogP contribution is 2.07. The second-order valence-corrected chi connectivity index (χ2v) is 5.88. The Bertz CT molecular complexity index is 460. The third-order valence-electron chi connectivity index (χ3n) is 4.04. The predicted octanol–water partition coefficient (Wildman–Crippen LogP) is 0.186. The maximum absolute atomic E-state index is 12.1. The molecule has 5 heteroatoms. The standard InChI is InChI=1S/C16H26N4O/c1-13-3-5-14(6-4-13)10-18-16(21)12-20-8-7-19(2)11-15(20)9-17/h3-6,15H,7-12,17H2,1-2H3,(H,18,21). The molecule has 1 aliphatic rings. The molecule has 1 aromatic carbocycles. The average molecular weight is 290 g/mol. The van der Waals surface area contributed by atoms with Gasteiger partial charge in [-0.25, -0.2) is 0 Å². The number of carbonyl (C=O) groups is 1. The molecule has 1 aliphatic heterocycles. The van der Waals surface area contributed by atoms with Gasteiger partial charge in [-0.1, -0.05) is 29.8 Å². The quantitative estimate of drug-likeness (QED) is 0.812. The molecule has 2 rings (SSSR count). The largest absolute Gasteiger partial charge is 0.351 e. The molecular formula is C16H26N4O. The lowest BCUT2D eigenvalue weighted by Crippen LogP contribution is -2.56. The fourth-order valence-electron chi connectivity index (χ4n) is 2.63. The number of nitrogens with two attached hydrogens (primary N) is 1. The number of carbonyl (C=O) groups excluding carboxylic acids is 1. The molecular weight excluding hydrogens is 264 g/mol. The van der Waals surface area contributed by atoms with Gasteiger partial charge in [0.05, 0.1) is 6.54 Å². The molecule has 0 bridgehead atoms. The van der Waals surface area contributed by atoms with E-state index in [9.17, 15) is 4.79 Å². The molecule has 0 aromatic heterocycles. The second-order valence-electron chi connectivity index (χ2n) is 5.88. The first-order chi connectivity index (χ1) is 10.1. The number of nitrogens with one attached hydrogen (secondary N) is 1. The molecule has 0 saturated carbocycles. The van der Waals surface area contributed by atoms with Crippen LogP contribution >= 0.6 is 0 Å². The van der Waals surface area contributed by atoms with Crippen LogP contribution in [0.5, 0.6) is 0 Å². The van der Waals surface area contributed by atoms with Crippen LogP contribution in [0.1, 0.15) is 11.1 Å². The van der Waals surface area contributed by atoms with Gasteiger partial charge in [-0.2, -0.15) is 0 Å². The van der Waals surface area contributed by atoms with Crippen molar-refractivity contribution in [3.05, 3.63) is 35.4 Å². The van der Waals surface area contributed by atoms with Crippen LogP contribution in [-0.4, -0.2) is 61.5 Å². The molecule has 1 aromatic rings. The van der Waals surface area contributed by atoms with Gasteiger partial charge < -0.3 is 16.0 Å². The van der Waals surface area contributed by atoms with Gasteiger partial charge in [0.15, 0.2) is 0 Å². The Morgan fingerprint density at radius 1 is 1.33 bits per heavy atom. The fourth-order valence-corrected chi connectivity index (χ4v) is 2.63. The smallest absolute Gasteiger partial charge is 0.234 e. The first-order valence-electron chi connectivity index (χ1n) is 7.53. The highest BCUT2D eigenvalue weighted by atomic mass is 16.2. The minimum absolute atomic E-state index is 0.0681. The molecule has 5 nitrogen and oxygen atoms in total. The van der Waals surface area contributed by atoms with Gasteiger partial charge in [0.25, 0.3) is 0 Å². The van der Waals surface area contributed by atoms with Crippen LogP contribution in [-0.2, 0) is 11.3 Å². The van der Waals surface area contributed by atoms with E-state index in [-0.39, 0.29) is 11.9 Å². The van der Waals surface area contributed by atoms with Crippen molar-refractivity contribution in [1.82, 2.24) is 15.1 Å². The summed E-state index contributed by atoms with van der Waals surface area (Å²) in [5.41, 5.74) is 8.17. The number of piperazine rings is 1. The Kier molecular flexibility index (Phi) is 5.73. The van der Waals surface area contributed by atoms with Crippen molar-refractivity contribution in [3.8, 4) is 0 Å². The van der Waals surface area contributed by atoms with Crippen LogP contribution in [0.15, 0.2) is 24.3 Å². The zero-order chi connectivity index (χ0) is 15.2. The molecule has 0 aliphatic carbocycles. The van der Waals surface area contributed by atoms with E-state index in [2.05, 4.69) is 41.2 Å². The topological polar surface area (TPSA) is 61.6 Å². The first kappa shape index (κ1) is 15.9. The molecule has 3 N–H and O–H groups in total. The maximum atomic E-state index is 12.1. The summed E-state index contributed by atoms with van der Waals surface area (Å²) in [4.78, 5) is 16.5. The van der Waals surface area contributed by atoms with E-state index >= 15 is 0 Å². The van der Waals surface area contributed by atoms with Crippen molar-refractivity contribution in [2.45, 2.75) is 19.5 Å². The molecule has 1 saturated heterocycles. The summed E-state index contributed by atoms with van der Waals surface area (Å²) in [6.07, 6.45) is 0. The Morgan fingerprint density at radius 2 is 2.05 bits per heavy atom. The molecule has 1 heterocycles. The van der Waals surface area contributed by atoms with Crippen LogP contribution in [0.25, 0.3) is 0 Å². The fraction of sp³-hybridized carbons (Fsp3) is 0.562. The number of amides is 1. The molecule has 116 valence electrons. The summed E-state index contributed by atoms with van der Waals surface area (Å²) in [7, 11) is 2.09. The molecule has 1 fully saturated rings. The van der Waals surface area contributed by atoms with Crippen molar-refractivity contribution in [3.63, 3.8) is 0 Å². The van der Waals surface area contributed by atoms with Crippen molar-refractivity contribution in [1.29, 1.82) is 0 Å². The van der Waals surface area contributed by atoms with E-state index < -0.39 is 0 Å². The number of likely N-dealkylation sites (N-methyl/N-ethyl adjacent to an activating group) is 1. The predicted molar refractivity (Wildman–Crippen MR) is 84.9 cm³/mol. The summed E-state index contributed by atoms with van der Waals surface area (Å²) in [6, 6.07) is 8.50. The Morgan fingerprint density at radius 3 is 2.71 bits per heavy atom. The van der Waals surface area contributed by atoms with E-state index in [4.69, 9.17) is 5.73 Å². The van der Waals surface area contributed by atoms with E-state index in [1.54, 1.807) is 0 Å². The zero-order valence-electron chi connectivity index (χ0n) is 13.0. The normalized spacial score (nSPS) is 20.4.